The predicted octanol–water partition coefficient (Wildman–Crippen LogP) is 3.87. The molecule has 0 aliphatic heterocycles. The Balaban J connectivity index is 1.58. The first-order chi connectivity index (χ1) is 12.5. The van der Waals surface area contributed by atoms with Gasteiger partial charge in [0, 0.05) is 5.56 Å². The van der Waals surface area contributed by atoms with Gasteiger partial charge in [-0.25, -0.2) is 9.18 Å². The summed E-state index contributed by atoms with van der Waals surface area (Å²) in [4.78, 5) is 11.9. The molecule has 0 amide bonds. The van der Waals surface area contributed by atoms with Gasteiger partial charge < -0.3 is 13.9 Å². The van der Waals surface area contributed by atoms with Crippen LogP contribution in [-0.2, 0) is 9.53 Å². The maximum atomic E-state index is 13.4. The Kier molecular flexibility index (Phi) is 5.26. The van der Waals surface area contributed by atoms with Crippen LogP contribution >= 0.6 is 0 Å². The average Bonchev–Trinajstić information content (AvgIpc) is 3.12. The number of aryl methyl sites for hydroxylation is 1. The fourth-order valence-corrected chi connectivity index (χ4v) is 2.19. The summed E-state index contributed by atoms with van der Waals surface area (Å²) in [6.45, 7) is 3.16. The molecule has 0 aliphatic carbocycles. The largest absolute Gasteiger partial charge is 0.479 e. The molecule has 0 spiro atoms. The van der Waals surface area contributed by atoms with Crippen LogP contribution in [0.3, 0.4) is 0 Å². The van der Waals surface area contributed by atoms with Gasteiger partial charge in [-0.15, -0.1) is 10.2 Å². The minimum atomic E-state index is -0.751. The summed E-state index contributed by atoms with van der Waals surface area (Å²) in [6, 6.07) is 13.4. The second-order valence-electron chi connectivity index (χ2n) is 5.66. The first-order valence-electron chi connectivity index (χ1n) is 8.00. The number of carbonyl (C=O) groups is 1. The Morgan fingerprint density at radius 3 is 2.62 bits per heavy atom. The third kappa shape index (κ3) is 4.24. The highest BCUT2D eigenvalue weighted by atomic mass is 19.1. The van der Waals surface area contributed by atoms with Gasteiger partial charge in [0.25, 0.3) is 5.89 Å². The number of aromatic nitrogens is 2. The van der Waals surface area contributed by atoms with Crippen LogP contribution in [-0.4, -0.2) is 22.8 Å². The lowest BCUT2D eigenvalue weighted by molar-refractivity contribution is -0.152. The van der Waals surface area contributed by atoms with Gasteiger partial charge in [0.1, 0.15) is 0 Å². The van der Waals surface area contributed by atoms with Gasteiger partial charge >= 0.3 is 5.97 Å². The molecule has 1 heterocycles. The zero-order valence-electron chi connectivity index (χ0n) is 14.3. The fraction of sp³-hybridized carbons (Fsp3) is 0.211. The lowest BCUT2D eigenvalue weighted by Gasteiger charge is -2.10. The molecule has 0 N–H and O–H groups in total. The number of hydrogen-bond donors (Lipinski definition) is 0. The van der Waals surface area contributed by atoms with E-state index < -0.39 is 24.5 Å². The molecule has 0 saturated heterocycles. The maximum Gasteiger partial charge on any atom is 0.344 e. The molecular weight excluding hydrogens is 339 g/mol. The quantitative estimate of drug-likeness (QED) is 0.624. The van der Waals surface area contributed by atoms with Gasteiger partial charge in [0.15, 0.2) is 24.3 Å². The zero-order valence-corrected chi connectivity index (χ0v) is 14.3. The van der Waals surface area contributed by atoms with Crippen molar-refractivity contribution >= 4 is 5.97 Å². The van der Waals surface area contributed by atoms with Crippen molar-refractivity contribution in [2.75, 3.05) is 6.61 Å². The van der Waals surface area contributed by atoms with Crippen molar-refractivity contribution in [3.63, 3.8) is 0 Å². The highest BCUT2D eigenvalue weighted by Crippen LogP contribution is 2.23. The number of rotatable bonds is 6. The summed E-state index contributed by atoms with van der Waals surface area (Å²) < 4.78 is 29.3. The molecule has 1 aromatic heterocycles. The van der Waals surface area contributed by atoms with Crippen molar-refractivity contribution in [3.8, 4) is 17.2 Å². The van der Waals surface area contributed by atoms with Gasteiger partial charge in [0.05, 0.1) is 0 Å². The molecule has 1 atom stereocenters. The van der Waals surface area contributed by atoms with E-state index in [1.165, 1.54) is 18.2 Å². The number of hydrogen-bond acceptors (Lipinski definition) is 6. The van der Waals surface area contributed by atoms with Crippen molar-refractivity contribution in [2.24, 2.45) is 0 Å². The average molecular weight is 356 g/mol. The maximum absolute atomic E-state index is 13.4. The topological polar surface area (TPSA) is 74.5 Å². The molecule has 3 aromatic rings. The number of para-hydroxylation sites is 1. The van der Waals surface area contributed by atoms with Crippen LogP contribution in [0.4, 0.5) is 4.39 Å². The number of halogens is 1. The van der Waals surface area contributed by atoms with E-state index in [2.05, 4.69) is 10.2 Å². The molecular formula is C19H17FN2O4. The molecule has 0 bridgehead atoms. The molecule has 0 unspecified atom stereocenters. The van der Waals surface area contributed by atoms with E-state index in [1.807, 2.05) is 31.2 Å². The Hall–Kier alpha value is -3.22. The van der Waals surface area contributed by atoms with Gasteiger partial charge in [-0.05, 0) is 38.1 Å². The van der Waals surface area contributed by atoms with E-state index >= 15 is 0 Å². The number of nitrogens with zero attached hydrogens (tertiary/aromatic N) is 2. The second-order valence-corrected chi connectivity index (χ2v) is 5.66. The van der Waals surface area contributed by atoms with Crippen LogP contribution in [0.1, 0.15) is 24.5 Å². The molecule has 7 heteroatoms. The number of ether oxygens (including phenoxy) is 2. The molecule has 2 aromatic carbocycles. The standard InChI is InChI=1S/C19H17FN2O4/c1-12-7-9-14(10-8-12)19-22-21-18(26-19)13(2)25-17(23)11-24-16-6-4-3-5-15(16)20/h3-10,13H,11H2,1-2H3/t13-/m0/s1. The Bertz CT molecular complexity index is 893. The minimum absolute atomic E-state index is 0.0171. The number of carbonyl (C=O) groups excluding carboxylic acids is 1. The van der Waals surface area contributed by atoms with Crippen molar-refractivity contribution < 1.29 is 23.1 Å². The van der Waals surface area contributed by atoms with Crippen LogP contribution in [0.2, 0.25) is 0 Å². The lowest BCUT2D eigenvalue weighted by atomic mass is 10.1. The van der Waals surface area contributed by atoms with Gasteiger partial charge in [-0.3, -0.25) is 0 Å². The van der Waals surface area contributed by atoms with Crippen LogP contribution in [0.25, 0.3) is 11.5 Å². The zero-order chi connectivity index (χ0) is 18.5. The Morgan fingerprint density at radius 2 is 1.88 bits per heavy atom. The minimum Gasteiger partial charge on any atom is -0.479 e. The van der Waals surface area contributed by atoms with Crippen molar-refractivity contribution in [2.45, 2.75) is 20.0 Å². The number of benzene rings is 2. The summed E-state index contributed by atoms with van der Waals surface area (Å²) in [6.07, 6.45) is -0.751. The molecule has 26 heavy (non-hydrogen) atoms. The Morgan fingerprint density at radius 1 is 1.15 bits per heavy atom. The van der Waals surface area contributed by atoms with E-state index in [1.54, 1.807) is 13.0 Å². The highest BCUT2D eigenvalue weighted by Gasteiger charge is 2.19. The smallest absolute Gasteiger partial charge is 0.344 e. The highest BCUT2D eigenvalue weighted by molar-refractivity contribution is 5.71. The van der Waals surface area contributed by atoms with Gasteiger partial charge in [-0.2, -0.15) is 0 Å². The first kappa shape index (κ1) is 17.6. The predicted molar refractivity (Wildman–Crippen MR) is 90.9 cm³/mol. The Labute approximate surface area is 149 Å². The van der Waals surface area contributed by atoms with Crippen LogP contribution in [0.5, 0.6) is 5.75 Å². The first-order valence-corrected chi connectivity index (χ1v) is 8.00. The molecule has 134 valence electrons. The van der Waals surface area contributed by atoms with E-state index in [0.29, 0.717) is 5.89 Å². The summed E-state index contributed by atoms with van der Waals surface area (Å²) in [5, 5.41) is 7.87. The molecule has 0 aliphatic rings. The monoisotopic (exact) mass is 356 g/mol. The van der Waals surface area contributed by atoms with Crippen molar-refractivity contribution in [3.05, 3.63) is 65.8 Å². The van der Waals surface area contributed by atoms with Crippen molar-refractivity contribution in [1.29, 1.82) is 0 Å². The fourth-order valence-electron chi connectivity index (χ4n) is 2.19. The summed E-state index contributed by atoms with van der Waals surface area (Å²) in [5.74, 6) is -0.731. The molecule has 0 saturated carbocycles. The molecule has 6 nitrogen and oxygen atoms in total. The van der Waals surface area contributed by atoms with E-state index in [4.69, 9.17) is 13.9 Å². The third-order valence-corrected chi connectivity index (χ3v) is 3.58. The SMILES string of the molecule is Cc1ccc(-c2nnc([C@H](C)OC(=O)COc3ccccc3F)o2)cc1. The molecule has 3 rings (SSSR count). The normalized spacial score (nSPS) is 11.8. The van der Waals surface area contributed by atoms with Crippen LogP contribution < -0.4 is 4.74 Å². The lowest BCUT2D eigenvalue weighted by Crippen LogP contribution is -2.17. The summed E-state index contributed by atoms with van der Waals surface area (Å²) in [7, 11) is 0. The van der Waals surface area contributed by atoms with Gasteiger partial charge in [-0.1, -0.05) is 29.8 Å². The van der Waals surface area contributed by atoms with Gasteiger partial charge in [0.2, 0.25) is 5.89 Å². The van der Waals surface area contributed by atoms with Crippen LogP contribution in [0, 0.1) is 12.7 Å². The number of esters is 1. The van der Waals surface area contributed by atoms with E-state index in [0.717, 1.165) is 11.1 Å². The summed E-state index contributed by atoms with van der Waals surface area (Å²) >= 11 is 0. The summed E-state index contributed by atoms with van der Waals surface area (Å²) in [5.41, 5.74) is 1.89. The van der Waals surface area contributed by atoms with Crippen LogP contribution in [0.15, 0.2) is 52.9 Å². The molecule has 0 fully saturated rings. The second kappa shape index (κ2) is 7.77. The van der Waals surface area contributed by atoms with E-state index in [9.17, 15) is 9.18 Å². The van der Waals surface area contributed by atoms with E-state index in [-0.39, 0.29) is 11.6 Å². The van der Waals surface area contributed by atoms with Crippen molar-refractivity contribution in [1.82, 2.24) is 10.2 Å². The third-order valence-electron chi connectivity index (χ3n) is 3.58. The molecule has 0 radical (unpaired) electrons.